The zero-order chi connectivity index (χ0) is 26.0. The molecule has 0 bridgehead atoms. The number of esters is 1. The van der Waals surface area contributed by atoms with Crippen LogP contribution in [0.15, 0.2) is 47.6 Å². The summed E-state index contributed by atoms with van der Waals surface area (Å²) in [6, 6.07) is 7.01. The first-order chi connectivity index (χ1) is 16.4. The normalized spacial score (nSPS) is 18.0. The van der Waals surface area contributed by atoms with Gasteiger partial charge in [-0.1, -0.05) is 17.7 Å². The average molecular weight is 516 g/mol. The third kappa shape index (κ3) is 5.30. The van der Waals surface area contributed by atoms with E-state index in [1.54, 1.807) is 6.07 Å². The molecule has 2 aromatic carbocycles. The Morgan fingerprint density at radius 2 is 1.77 bits per heavy atom. The zero-order valence-electron chi connectivity index (χ0n) is 18.1. The van der Waals surface area contributed by atoms with Crippen LogP contribution < -0.4 is 15.1 Å². The lowest BCUT2D eigenvalue weighted by Gasteiger charge is -2.23. The summed E-state index contributed by atoms with van der Waals surface area (Å²) >= 11 is 5.98. The number of carbonyl (C=O) groups excluding carboxylic acids is 3. The lowest BCUT2D eigenvalue weighted by atomic mass is 9.95. The monoisotopic (exact) mass is 515 g/mol. The Kier molecular flexibility index (Phi) is 7.22. The lowest BCUT2D eigenvalue weighted by Crippen LogP contribution is -2.45. The van der Waals surface area contributed by atoms with Gasteiger partial charge in [-0.25, -0.2) is 19.8 Å². The highest BCUT2D eigenvalue weighted by atomic mass is 35.5. The number of fused-ring (bicyclic) bond motifs is 1. The second kappa shape index (κ2) is 9.80. The van der Waals surface area contributed by atoms with Crippen LogP contribution in [0.5, 0.6) is 5.75 Å². The van der Waals surface area contributed by atoms with Gasteiger partial charge >= 0.3 is 24.5 Å². The molecule has 3 amide bonds. The van der Waals surface area contributed by atoms with E-state index in [4.69, 9.17) is 11.6 Å². The van der Waals surface area contributed by atoms with Gasteiger partial charge in [-0.15, -0.1) is 13.2 Å². The molecule has 14 heteroatoms. The van der Waals surface area contributed by atoms with Gasteiger partial charge in [0, 0.05) is 17.0 Å². The zero-order valence-corrected chi connectivity index (χ0v) is 18.8. The molecule has 0 fully saturated rings. The molecule has 2 N–H and O–H groups in total. The Labute approximate surface area is 200 Å². The van der Waals surface area contributed by atoms with Gasteiger partial charge in [0.25, 0.3) is 0 Å². The van der Waals surface area contributed by atoms with Gasteiger partial charge in [0.05, 0.1) is 25.6 Å². The van der Waals surface area contributed by atoms with E-state index in [1.807, 2.05) is 5.43 Å². The van der Waals surface area contributed by atoms with Gasteiger partial charge in [0.15, 0.2) is 0 Å². The van der Waals surface area contributed by atoms with Crippen molar-refractivity contribution < 1.29 is 46.9 Å². The quantitative estimate of drug-likeness (QED) is 0.471. The molecule has 1 aliphatic rings. The predicted octanol–water partition coefficient (Wildman–Crippen LogP) is 3.49. The number of urea groups is 1. The number of benzene rings is 2. The van der Waals surface area contributed by atoms with Crippen molar-refractivity contribution in [2.75, 3.05) is 19.1 Å². The van der Waals surface area contributed by atoms with Gasteiger partial charge in [0.2, 0.25) is 5.60 Å². The topological polar surface area (TPSA) is 127 Å². The molecule has 0 spiro atoms. The van der Waals surface area contributed by atoms with E-state index in [2.05, 4.69) is 19.3 Å². The molecule has 0 aromatic heterocycles. The molecule has 0 saturated heterocycles. The standard InChI is InChI=1S/C21H17ClF3N3O7/c1-33-17(29)20(32)15-10-12(22)4-3-11(15)9-16(20)26-27-18(30)28(19(31)34-2)13-5-7-14(8-6-13)35-21(23,24)25/h3-8,10,32H,9H2,1-2H3,(H,27,30). The summed E-state index contributed by atoms with van der Waals surface area (Å²) in [4.78, 5) is 37.8. The second-order valence-corrected chi connectivity index (χ2v) is 7.44. The maximum Gasteiger partial charge on any atom is 0.573 e. The van der Waals surface area contributed by atoms with E-state index in [1.165, 1.54) is 12.1 Å². The smallest absolute Gasteiger partial charge is 0.466 e. The molecule has 1 aliphatic carbocycles. The number of anilines is 1. The first kappa shape index (κ1) is 25.8. The van der Waals surface area contributed by atoms with E-state index in [9.17, 15) is 32.7 Å². The molecule has 0 radical (unpaired) electrons. The van der Waals surface area contributed by atoms with Crippen molar-refractivity contribution in [1.29, 1.82) is 0 Å². The lowest BCUT2D eigenvalue weighted by molar-refractivity contribution is -0.274. The molecule has 0 aliphatic heterocycles. The van der Waals surface area contributed by atoms with E-state index in [0.717, 1.165) is 38.5 Å². The number of imide groups is 1. The molecular formula is C21H17ClF3N3O7. The predicted molar refractivity (Wildman–Crippen MR) is 115 cm³/mol. The maximum atomic E-state index is 12.8. The van der Waals surface area contributed by atoms with Gasteiger partial charge in [-0.2, -0.15) is 10.0 Å². The number of carbonyl (C=O) groups is 3. The Morgan fingerprint density at radius 3 is 2.34 bits per heavy atom. The van der Waals surface area contributed by atoms with E-state index in [-0.39, 0.29) is 28.4 Å². The van der Waals surface area contributed by atoms with Crippen molar-refractivity contribution in [3.05, 3.63) is 58.6 Å². The van der Waals surface area contributed by atoms with Crippen molar-refractivity contribution >= 4 is 41.1 Å². The fourth-order valence-electron chi connectivity index (χ4n) is 3.36. The maximum absolute atomic E-state index is 12.8. The summed E-state index contributed by atoms with van der Waals surface area (Å²) in [5.74, 6) is -1.67. The minimum atomic E-state index is -4.93. The molecule has 1 atom stereocenters. The van der Waals surface area contributed by atoms with Crippen molar-refractivity contribution in [3.63, 3.8) is 0 Å². The Balaban J connectivity index is 1.90. The fourth-order valence-corrected chi connectivity index (χ4v) is 3.53. The van der Waals surface area contributed by atoms with Crippen LogP contribution in [0, 0.1) is 0 Å². The molecule has 35 heavy (non-hydrogen) atoms. The van der Waals surface area contributed by atoms with E-state index >= 15 is 0 Å². The van der Waals surface area contributed by atoms with Crippen molar-refractivity contribution in [2.24, 2.45) is 5.10 Å². The molecule has 10 nitrogen and oxygen atoms in total. The highest BCUT2D eigenvalue weighted by Crippen LogP contribution is 2.37. The fraction of sp³-hybridized carbons (Fsp3) is 0.238. The Morgan fingerprint density at radius 1 is 1.11 bits per heavy atom. The summed E-state index contributed by atoms with van der Waals surface area (Å²) in [5, 5.41) is 15.2. The second-order valence-electron chi connectivity index (χ2n) is 7.00. The van der Waals surface area contributed by atoms with Crippen LogP contribution in [-0.2, 0) is 26.3 Å². The summed E-state index contributed by atoms with van der Waals surface area (Å²) in [5.41, 5.74) is -0.151. The van der Waals surface area contributed by atoms with Crippen LogP contribution in [0.4, 0.5) is 28.4 Å². The molecule has 2 aromatic rings. The number of hydrogen-bond donors (Lipinski definition) is 2. The van der Waals surface area contributed by atoms with Gasteiger partial charge in [0.1, 0.15) is 5.75 Å². The highest BCUT2D eigenvalue weighted by Gasteiger charge is 2.51. The van der Waals surface area contributed by atoms with Gasteiger partial charge in [-0.3, -0.25) is 0 Å². The van der Waals surface area contributed by atoms with Crippen molar-refractivity contribution in [2.45, 2.75) is 18.4 Å². The summed E-state index contributed by atoms with van der Waals surface area (Å²) < 4.78 is 50.1. The third-order valence-corrected chi connectivity index (χ3v) is 5.13. The average Bonchev–Trinajstić information content (AvgIpc) is 3.09. The number of nitrogens with one attached hydrogen (secondary N) is 1. The molecule has 3 rings (SSSR count). The van der Waals surface area contributed by atoms with Crippen LogP contribution in [-0.4, -0.2) is 49.5 Å². The Hall–Kier alpha value is -3.84. The number of methoxy groups -OCH3 is 2. The largest absolute Gasteiger partial charge is 0.573 e. The first-order valence-corrected chi connectivity index (χ1v) is 9.99. The Bertz CT molecular complexity index is 1190. The van der Waals surface area contributed by atoms with Crippen LogP contribution in [0.1, 0.15) is 11.1 Å². The first-order valence-electron chi connectivity index (χ1n) is 9.61. The number of ether oxygens (including phenoxy) is 3. The minimum absolute atomic E-state index is 0.0694. The third-order valence-electron chi connectivity index (χ3n) is 4.89. The van der Waals surface area contributed by atoms with Crippen LogP contribution in [0.2, 0.25) is 5.02 Å². The molecule has 1 unspecified atom stereocenters. The number of alkyl halides is 3. The molecule has 0 heterocycles. The number of hydrazone groups is 1. The SMILES string of the molecule is COC(=O)N(C(=O)NN=C1Cc2ccc(Cl)cc2C1(O)C(=O)OC)c1ccc(OC(F)(F)F)cc1. The molecule has 0 saturated carbocycles. The summed E-state index contributed by atoms with van der Waals surface area (Å²) in [7, 11) is 2.02. The van der Waals surface area contributed by atoms with Crippen molar-refractivity contribution in [1.82, 2.24) is 5.43 Å². The number of aliphatic hydroxyl groups is 1. The summed E-state index contributed by atoms with van der Waals surface area (Å²) in [6.45, 7) is 0. The number of nitrogens with zero attached hydrogens (tertiary/aromatic N) is 2. The van der Waals surface area contributed by atoms with Gasteiger partial charge < -0.3 is 19.3 Å². The van der Waals surface area contributed by atoms with Gasteiger partial charge in [-0.05, 0) is 42.0 Å². The number of halogens is 4. The minimum Gasteiger partial charge on any atom is -0.466 e. The van der Waals surface area contributed by atoms with Crippen LogP contribution >= 0.6 is 11.6 Å². The van der Waals surface area contributed by atoms with Crippen molar-refractivity contribution in [3.8, 4) is 5.75 Å². The number of rotatable bonds is 4. The number of amides is 3. The number of hydrogen-bond acceptors (Lipinski definition) is 8. The molecular weight excluding hydrogens is 499 g/mol. The van der Waals surface area contributed by atoms with Crippen LogP contribution in [0.3, 0.4) is 0 Å². The highest BCUT2D eigenvalue weighted by molar-refractivity contribution is 6.31. The van der Waals surface area contributed by atoms with Crippen LogP contribution in [0.25, 0.3) is 0 Å². The van der Waals surface area contributed by atoms with E-state index < -0.39 is 35.8 Å². The van der Waals surface area contributed by atoms with E-state index in [0.29, 0.717) is 10.5 Å². The molecule has 186 valence electrons. The summed E-state index contributed by atoms with van der Waals surface area (Å²) in [6.07, 6.45) is -6.20.